The third-order valence-electron chi connectivity index (χ3n) is 3.99. The van der Waals surface area contributed by atoms with E-state index in [-0.39, 0.29) is 22.8 Å². The van der Waals surface area contributed by atoms with Crippen molar-refractivity contribution in [3.63, 3.8) is 0 Å². The van der Waals surface area contributed by atoms with Crippen molar-refractivity contribution in [2.24, 2.45) is 10.6 Å². The average Bonchev–Trinajstić information content (AvgIpc) is 3.27. The van der Waals surface area contributed by atoms with Crippen LogP contribution in [-0.2, 0) is 26.0 Å². The Balaban J connectivity index is 1.86. The quantitative estimate of drug-likeness (QED) is 0.611. The van der Waals surface area contributed by atoms with Crippen LogP contribution in [0.1, 0.15) is 32.3 Å². The lowest BCUT2D eigenvalue weighted by molar-refractivity contribution is -0.137. The number of primary sulfonamides is 1. The first-order chi connectivity index (χ1) is 11.1. The van der Waals surface area contributed by atoms with Crippen molar-refractivity contribution in [3.05, 3.63) is 29.8 Å². The second kappa shape index (κ2) is 6.90. The number of carbonyl (C=O) groups excluding carboxylic acids is 2. The van der Waals surface area contributed by atoms with Crippen LogP contribution in [0.5, 0.6) is 0 Å². The van der Waals surface area contributed by atoms with Gasteiger partial charge in [0.1, 0.15) is 5.41 Å². The molecule has 0 atom stereocenters. The van der Waals surface area contributed by atoms with E-state index in [0.717, 1.165) is 5.56 Å². The summed E-state index contributed by atoms with van der Waals surface area (Å²) in [7, 11) is -3.70. The Morgan fingerprint density at radius 2 is 1.75 bits per heavy atom. The minimum Gasteiger partial charge on any atom is -0.355 e. The molecule has 0 saturated heterocycles. The van der Waals surface area contributed by atoms with Gasteiger partial charge < -0.3 is 10.6 Å². The molecule has 4 N–H and O–H groups in total. The molecule has 7 nitrogen and oxygen atoms in total. The molecule has 0 heterocycles. The number of amides is 2. The van der Waals surface area contributed by atoms with Crippen LogP contribution in [0.25, 0.3) is 0 Å². The zero-order valence-electron chi connectivity index (χ0n) is 13.8. The summed E-state index contributed by atoms with van der Waals surface area (Å²) in [6.07, 6.45) is 1.68. The van der Waals surface area contributed by atoms with Crippen LogP contribution in [0.2, 0.25) is 0 Å². The predicted octanol–water partition coefficient (Wildman–Crippen LogP) is 0.298. The molecule has 0 bridgehead atoms. The molecule has 2 rings (SSSR count). The minimum absolute atomic E-state index is 0.000105. The molecule has 0 unspecified atom stereocenters. The van der Waals surface area contributed by atoms with Gasteiger partial charge in [-0.05, 0) is 50.8 Å². The molecule has 1 aromatic rings. The van der Waals surface area contributed by atoms with Crippen LogP contribution in [-0.4, -0.2) is 32.8 Å². The largest absolute Gasteiger partial charge is 0.355 e. The Morgan fingerprint density at radius 1 is 1.17 bits per heavy atom. The van der Waals surface area contributed by atoms with E-state index in [2.05, 4.69) is 10.6 Å². The van der Waals surface area contributed by atoms with Crippen LogP contribution in [0.4, 0.5) is 0 Å². The summed E-state index contributed by atoms with van der Waals surface area (Å²) in [5.74, 6) is -0.464. The summed E-state index contributed by atoms with van der Waals surface area (Å²) in [5.41, 5.74) is -0.0407. The molecule has 24 heavy (non-hydrogen) atoms. The van der Waals surface area contributed by atoms with E-state index in [9.17, 15) is 18.0 Å². The number of hydrogen-bond donors (Lipinski definition) is 3. The van der Waals surface area contributed by atoms with E-state index in [1.165, 1.54) is 12.1 Å². The van der Waals surface area contributed by atoms with E-state index in [1.54, 1.807) is 12.1 Å². The number of sulfonamides is 1. The molecule has 1 aromatic carbocycles. The van der Waals surface area contributed by atoms with Crippen LogP contribution in [0, 0.1) is 5.41 Å². The Bertz CT molecular complexity index is 722. The van der Waals surface area contributed by atoms with Gasteiger partial charge in [0.2, 0.25) is 21.8 Å². The predicted molar refractivity (Wildman–Crippen MR) is 89.5 cm³/mol. The monoisotopic (exact) mass is 353 g/mol. The first kappa shape index (κ1) is 18.4. The summed E-state index contributed by atoms with van der Waals surface area (Å²) in [5, 5.41) is 10.6. The number of hydrogen-bond acceptors (Lipinski definition) is 4. The molecule has 0 aromatic heterocycles. The van der Waals surface area contributed by atoms with Crippen molar-refractivity contribution in [2.45, 2.75) is 44.0 Å². The van der Waals surface area contributed by atoms with Crippen molar-refractivity contribution in [1.82, 2.24) is 10.6 Å². The van der Waals surface area contributed by atoms with Gasteiger partial charge in [-0.25, -0.2) is 13.6 Å². The third-order valence-corrected chi connectivity index (χ3v) is 4.92. The number of benzene rings is 1. The molecular weight excluding hydrogens is 330 g/mol. The summed E-state index contributed by atoms with van der Waals surface area (Å²) in [4.78, 5) is 24.4. The van der Waals surface area contributed by atoms with Gasteiger partial charge in [-0.3, -0.25) is 9.59 Å². The third kappa shape index (κ3) is 4.33. The summed E-state index contributed by atoms with van der Waals surface area (Å²) in [6.45, 7) is 4.10. The van der Waals surface area contributed by atoms with Gasteiger partial charge in [0.15, 0.2) is 0 Å². The lowest BCUT2D eigenvalue weighted by atomic mass is 10.0. The average molecular weight is 353 g/mol. The minimum atomic E-state index is -3.70. The van der Waals surface area contributed by atoms with Crippen LogP contribution >= 0.6 is 0 Å². The molecule has 1 aliphatic rings. The van der Waals surface area contributed by atoms with E-state index in [1.807, 2.05) is 13.8 Å². The van der Waals surface area contributed by atoms with E-state index >= 15 is 0 Å². The maximum atomic E-state index is 12.3. The molecular formula is C16H23N3O4S. The van der Waals surface area contributed by atoms with Crippen LogP contribution in [0.15, 0.2) is 29.2 Å². The van der Waals surface area contributed by atoms with Crippen LogP contribution in [0.3, 0.4) is 0 Å². The van der Waals surface area contributed by atoms with E-state index in [0.29, 0.717) is 25.8 Å². The molecule has 1 fully saturated rings. The molecule has 0 spiro atoms. The van der Waals surface area contributed by atoms with Crippen molar-refractivity contribution in [2.75, 3.05) is 6.54 Å². The molecule has 8 heteroatoms. The zero-order valence-corrected chi connectivity index (χ0v) is 14.7. The topological polar surface area (TPSA) is 118 Å². The Kier molecular flexibility index (Phi) is 5.29. The fourth-order valence-corrected chi connectivity index (χ4v) is 2.93. The molecule has 1 aliphatic carbocycles. The summed E-state index contributed by atoms with van der Waals surface area (Å²) in [6, 6.07) is 6.19. The van der Waals surface area contributed by atoms with E-state index < -0.39 is 15.4 Å². The Hall–Kier alpha value is -1.93. The molecule has 2 amide bonds. The fourth-order valence-electron chi connectivity index (χ4n) is 2.42. The number of nitrogens with one attached hydrogen (secondary N) is 2. The highest BCUT2D eigenvalue weighted by Crippen LogP contribution is 2.46. The lowest BCUT2D eigenvalue weighted by Gasteiger charge is -2.17. The highest BCUT2D eigenvalue weighted by molar-refractivity contribution is 7.89. The highest BCUT2D eigenvalue weighted by atomic mass is 32.2. The van der Waals surface area contributed by atoms with Gasteiger partial charge in [0, 0.05) is 12.6 Å². The van der Waals surface area contributed by atoms with Gasteiger partial charge in [0.05, 0.1) is 4.90 Å². The fraction of sp³-hybridized carbons (Fsp3) is 0.500. The van der Waals surface area contributed by atoms with Crippen molar-refractivity contribution in [1.29, 1.82) is 0 Å². The van der Waals surface area contributed by atoms with Gasteiger partial charge >= 0.3 is 0 Å². The van der Waals surface area contributed by atoms with Gasteiger partial charge in [-0.1, -0.05) is 12.1 Å². The zero-order chi connectivity index (χ0) is 18.0. The number of carbonyl (C=O) groups is 2. The SMILES string of the molecule is CC(C)NC(=O)C1(C(=O)NCCc2ccc(S(N)(=O)=O)cc2)CC1. The standard InChI is InChI=1S/C16H23N3O4S/c1-11(2)19-15(21)16(8-9-16)14(20)18-10-7-12-3-5-13(6-4-12)24(17,22)23/h3-6,11H,7-10H2,1-2H3,(H,18,20)(H,19,21)(H2,17,22,23). The van der Waals surface area contributed by atoms with E-state index in [4.69, 9.17) is 5.14 Å². The Labute approximate surface area is 142 Å². The highest BCUT2D eigenvalue weighted by Gasteiger charge is 2.56. The first-order valence-electron chi connectivity index (χ1n) is 7.86. The Morgan fingerprint density at radius 3 is 2.21 bits per heavy atom. The molecule has 132 valence electrons. The van der Waals surface area contributed by atoms with Gasteiger partial charge in [-0.15, -0.1) is 0 Å². The normalized spacial score (nSPS) is 15.8. The number of rotatable bonds is 7. The molecule has 0 radical (unpaired) electrons. The first-order valence-corrected chi connectivity index (χ1v) is 9.41. The van der Waals surface area contributed by atoms with Gasteiger partial charge in [-0.2, -0.15) is 0 Å². The van der Waals surface area contributed by atoms with Gasteiger partial charge in [0.25, 0.3) is 0 Å². The smallest absolute Gasteiger partial charge is 0.238 e. The second-order valence-electron chi connectivity index (χ2n) is 6.41. The second-order valence-corrected chi connectivity index (χ2v) is 7.97. The summed E-state index contributed by atoms with van der Waals surface area (Å²) < 4.78 is 22.4. The van der Waals surface area contributed by atoms with Crippen molar-refractivity contribution in [3.8, 4) is 0 Å². The van der Waals surface area contributed by atoms with Crippen molar-refractivity contribution >= 4 is 21.8 Å². The van der Waals surface area contributed by atoms with Crippen molar-refractivity contribution < 1.29 is 18.0 Å². The molecule has 1 saturated carbocycles. The lowest BCUT2D eigenvalue weighted by Crippen LogP contribution is -2.45. The maximum Gasteiger partial charge on any atom is 0.238 e. The number of nitrogens with two attached hydrogens (primary N) is 1. The molecule has 0 aliphatic heterocycles. The maximum absolute atomic E-state index is 12.3. The van der Waals surface area contributed by atoms with Crippen LogP contribution < -0.4 is 15.8 Å². The summed E-state index contributed by atoms with van der Waals surface area (Å²) >= 11 is 0.